The number of anilines is 1. The lowest BCUT2D eigenvalue weighted by Gasteiger charge is -2.10. The molecule has 2 aromatic rings. The Kier molecular flexibility index (Phi) is 4.62. The van der Waals surface area contributed by atoms with E-state index in [0.717, 1.165) is 10.9 Å². The maximum absolute atomic E-state index is 5.48. The van der Waals surface area contributed by atoms with Gasteiger partial charge in [0.05, 0.1) is 0 Å². The van der Waals surface area contributed by atoms with Crippen molar-refractivity contribution >= 4 is 17.6 Å². The van der Waals surface area contributed by atoms with Crippen molar-refractivity contribution in [3.05, 3.63) is 41.2 Å². The Labute approximate surface area is 124 Å². The predicted molar refractivity (Wildman–Crippen MR) is 84.0 cm³/mol. The lowest BCUT2D eigenvalue weighted by atomic mass is 10.2. The first kappa shape index (κ1) is 14.8. The first-order valence-electron chi connectivity index (χ1n) is 6.60. The number of aryl methyl sites for hydroxylation is 2. The predicted octanol–water partition coefficient (Wildman–Crippen LogP) is 3.65. The van der Waals surface area contributed by atoms with Crippen molar-refractivity contribution in [2.45, 2.75) is 43.5 Å². The summed E-state index contributed by atoms with van der Waals surface area (Å²) in [4.78, 5) is 10.2. The van der Waals surface area contributed by atoms with Gasteiger partial charge < -0.3 is 5.43 Å². The van der Waals surface area contributed by atoms with E-state index in [1.165, 1.54) is 16.0 Å². The van der Waals surface area contributed by atoms with Crippen LogP contribution in [0.4, 0.5) is 5.82 Å². The van der Waals surface area contributed by atoms with Crippen LogP contribution in [0.3, 0.4) is 0 Å². The van der Waals surface area contributed by atoms with Crippen LogP contribution in [0.5, 0.6) is 0 Å². The SMILES string of the molecule is Cc1ccc(Sc2cc(NN)nc(C(C)C)n2)c(C)c1. The van der Waals surface area contributed by atoms with Crippen LogP contribution in [0.2, 0.25) is 0 Å². The molecule has 0 fully saturated rings. The molecule has 0 amide bonds. The van der Waals surface area contributed by atoms with Crippen molar-refractivity contribution in [2.24, 2.45) is 5.84 Å². The van der Waals surface area contributed by atoms with Gasteiger partial charge in [0.1, 0.15) is 16.7 Å². The maximum Gasteiger partial charge on any atom is 0.144 e. The topological polar surface area (TPSA) is 63.8 Å². The van der Waals surface area contributed by atoms with Crippen LogP contribution in [-0.2, 0) is 0 Å². The molecule has 1 heterocycles. The molecule has 0 spiro atoms. The number of nitrogen functional groups attached to an aromatic ring is 1. The molecule has 106 valence electrons. The summed E-state index contributed by atoms with van der Waals surface area (Å²) in [6, 6.07) is 8.29. The number of rotatable bonds is 4. The summed E-state index contributed by atoms with van der Waals surface area (Å²) in [5, 5.41) is 0.906. The van der Waals surface area contributed by atoms with Crippen LogP contribution in [-0.4, -0.2) is 9.97 Å². The second-order valence-electron chi connectivity index (χ2n) is 5.12. The van der Waals surface area contributed by atoms with Gasteiger partial charge in [0.2, 0.25) is 0 Å². The summed E-state index contributed by atoms with van der Waals surface area (Å²) >= 11 is 1.64. The zero-order chi connectivity index (χ0) is 14.7. The average Bonchev–Trinajstić information content (AvgIpc) is 2.41. The largest absolute Gasteiger partial charge is 0.308 e. The fourth-order valence-electron chi connectivity index (χ4n) is 1.85. The number of nitrogens with one attached hydrogen (secondary N) is 1. The number of hydrogen-bond acceptors (Lipinski definition) is 5. The van der Waals surface area contributed by atoms with Crippen molar-refractivity contribution < 1.29 is 0 Å². The third-order valence-corrected chi connectivity index (χ3v) is 4.03. The van der Waals surface area contributed by atoms with Gasteiger partial charge in [0, 0.05) is 16.9 Å². The molecule has 0 bridgehead atoms. The summed E-state index contributed by atoms with van der Waals surface area (Å²) in [5.41, 5.74) is 5.12. The molecule has 0 unspecified atom stereocenters. The van der Waals surface area contributed by atoms with Crippen molar-refractivity contribution in [2.75, 3.05) is 5.43 Å². The number of aromatic nitrogens is 2. The molecule has 3 N–H and O–H groups in total. The Morgan fingerprint density at radius 2 is 1.90 bits per heavy atom. The summed E-state index contributed by atoms with van der Waals surface area (Å²) in [5.74, 6) is 7.19. The molecule has 0 aliphatic heterocycles. The maximum atomic E-state index is 5.48. The number of nitrogens with zero attached hydrogens (tertiary/aromatic N) is 2. The number of hydrazine groups is 1. The third-order valence-electron chi connectivity index (χ3n) is 2.93. The molecule has 0 radical (unpaired) electrons. The Bertz CT molecular complexity index is 611. The Morgan fingerprint density at radius 3 is 2.50 bits per heavy atom. The van der Waals surface area contributed by atoms with Crippen LogP contribution in [0.1, 0.15) is 36.7 Å². The third kappa shape index (κ3) is 3.49. The zero-order valence-electron chi connectivity index (χ0n) is 12.3. The van der Waals surface area contributed by atoms with Crippen LogP contribution in [0, 0.1) is 13.8 Å². The van der Waals surface area contributed by atoms with Crippen molar-refractivity contribution in [1.82, 2.24) is 9.97 Å². The normalized spacial score (nSPS) is 10.9. The highest BCUT2D eigenvalue weighted by atomic mass is 32.2. The Hall–Kier alpha value is -1.59. The van der Waals surface area contributed by atoms with E-state index >= 15 is 0 Å². The summed E-state index contributed by atoms with van der Waals surface area (Å²) in [7, 11) is 0. The van der Waals surface area contributed by atoms with E-state index in [-0.39, 0.29) is 5.92 Å². The lowest BCUT2D eigenvalue weighted by Crippen LogP contribution is -2.11. The Balaban J connectivity index is 2.34. The van der Waals surface area contributed by atoms with Crippen molar-refractivity contribution in [3.8, 4) is 0 Å². The van der Waals surface area contributed by atoms with Gasteiger partial charge in [-0.25, -0.2) is 15.8 Å². The minimum atomic E-state index is 0.266. The molecule has 20 heavy (non-hydrogen) atoms. The van der Waals surface area contributed by atoms with Gasteiger partial charge in [0.25, 0.3) is 0 Å². The van der Waals surface area contributed by atoms with Crippen LogP contribution in [0.25, 0.3) is 0 Å². The average molecular weight is 288 g/mol. The molecule has 0 aliphatic rings. The monoisotopic (exact) mass is 288 g/mol. The lowest BCUT2D eigenvalue weighted by molar-refractivity contribution is 0.754. The highest BCUT2D eigenvalue weighted by molar-refractivity contribution is 7.99. The smallest absolute Gasteiger partial charge is 0.144 e. The highest BCUT2D eigenvalue weighted by Gasteiger charge is 2.10. The molecule has 0 atom stereocenters. The standard InChI is InChI=1S/C15H20N4S/c1-9(2)15-17-13(19-16)8-14(18-15)20-12-6-5-10(3)7-11(12)4/h5-9H,16H2,1-4H3,(H,17,18,19). The van der Waals surface area contributed by atoms with Gasteiger partial charge >= 0.3 is 0 Å². The molecular weight excluding hydrogens is 268 g/mol. The van der Waals surface area contributed by atoms with Gasteiger partial charge in [-0.15, -0.1) is 0 Å². The van der Waals surface area contributed by atoms with E-state index in [1.807, 2.05) is 6.07 Å². The van der Waals surface area contributed by atoms with E-state index in [9.17, 15) is 0 Å². The molecular formula is C15H20N4S. The summed E-state index contributed by atoms with van der Waals surface area (Å²) in [6.45, 7) is 8.35. The van der Waals surface area contributed by atoms with Crippen molar-refractivity contribution in [1.29, 1.82) is 0 Å². The van der Waals surface area contributed by atoms with Crippen LogP contribution in [0.15, 0.2) is 34.2 Å². The van der Waals surface area contributed by atoms with Gasteiger partial charge in [0.15, 0.2) is 0 Å². The fraction of sp³-hybridized carbons (Fsp3) is 0.333. The first-order chi connectivity index (χ1) is 9.49. The minimum Gasteiger partial charge on any atom is -0.308 e. The molecule has 4 nitrogen and oxygen atoms in total. The summed E-state index contributed by atoms with van der Waals surface area (Å²) in [6.07, 6.45) is 0. The highest BCUT2D eigenvalue weighted by Crippen LogP contribution is 2.31. The quantitative estimate of drug-likeness (QED) is 0.511. The van der Waals surface area contributed by atoms with Crippen molar-refractivity contribution in [3.63, 3.8) is 0 Å². The minimum absolute atomic E-state index is 0.266. The van der Waals surface area contributed by atoms with Gasteiger partial charge in [-0.1, -0.05) is 43.3 Å². The fourth-order valence-corrected chi connectivity index (χ4v) is 2.74. The van der Waals surface area contributed by atoms with E-state index in [1.54, 1.807) is 11.8 Å². The van der Waals surface area contributed by atoms with E-state index in [0.29, 0.717) is 5.82 Å². The van der Waals surface area contributed by atoms with E-state index < -0.39 is 0 Å². The molecule has 5 heteroatoms. The molecule has 1 aromatic heterocycles. The van der Waals surface area contributed by atoms with E-state index in [2.05, 4.69) is 61.3 Å². The molecule has 0 aliphatic carbocycles. The second kappa shape index (κ2) is 6.24. The van der Waals surface area contributed by atoms with E-state index in [4.69, 9.17) is 5.84 Å². The second-order valence-corrected chi connectivity index (χ2v) is 6.18. The first-order valence-corrected chi connectivity index (χ1v) is 7.42. The molecule has 1 aromatic carbocycles. The van der Waals surface area contributed by atoms with Gasteiger partial charge in [-0.2, -0.15) is 0 Å². The molecule has 2 rings (SSSR count). The number of hydrogen-bond donors (Lipinski definition) is 2. The van der Waals surface area contributed by atoms with Crippen LogP contribution < -0.4 is 11.3 Å². The van der Waals surface area contributed by atoms with Crippen LogP contribution >= 0.6 is 11.8 Å². The van der Waals surface area contributed by atoms with Gasteiger partial charge in [-0.05, 0) is 25.5 Å². The Morgan fingerprint density at radius 1 is 1.15 bits per heavy atom. The molecule has 0 saturated heterocycles. The summed E-state index contributed by atoms with van der Waals surface area (Å²) < 4.78 is 0. The number of benzene rings is 1. The molecule has 0 saturated carbocycles. The number of nitrogens with two attached hydrogens (primary N) is 1. The van der Waals surface area contributed by atoms with Gasteiger partial charge in [-0.3, -0.25) is 0 Å². The zero-order valence-corrected chi connectivity index (χ0v) is 13.1.